The second-order valence-electron chi connectivity index (χ2n) is 6.05. The molecule has 0 saturated heterocycles. The van der Waals surface area contributed by atoms with Crippen LogP contribution in [0.25, 0.3) is 16.9 Å². The molecule has 0 aliphatic carbocycles. The molecule has 2 aromatic heterocycles. The second-order valence-corrected chi connectivity index (χ2v) is 6.05. The van der Waals surface area contributed by atoms with E-state index in [1.54, 1.807) is 47.9 Å². The van der Waals surface area contributed by atoms with Crippen molar-refractivity contribution in [1.29, 1.82) is 0 Å². The molecule has 1 aromatic carbocycles. The number of carbonyl (C=O) groups is 2. The number of hydrogen-bond donors (Lipinski definition) is 0. The summed E-state index contributed by atoms with van der Waals surface area (Å²) in [6.45, 7) is -2.49. The van der Waals surface area contributed by atoms with Crippen LogP contribution in [0.1, 0.15) is 36.8 Å². The molecule has 0 fully saturated rings. The number of imidazole rings is 1. The minimum absolute atomic E-state index is 0.0528. The molecule has 3 rings (SSSR count). The maximum atomic E-state index is 12.9. The van der Waals surface area contributed by atoms with Crippen LogP contribution in [0.15, 0.2) is 42.6 Å². The predicted octanol–water partition coefficient (Wildman–Crippen LogP) is 3.12. The lowest BCUT2D eigenvalue weighted by Crippen LogP contribution is -2.24. The van der Waals surface area contributed by atoms with E-state index in [9.17, 15) is 9.59 Å². The highest BCUT2D eigenvalue weighted by Crippen LogP contribution is 2.26. The summed E-state index contributed by atoms with van der Waals surface area (Å²) < 4.78 is 51.8. The zero-order valence-electron chi connectivity index (χ0n) is 21.0. The number of amides is 1. The van der Waals surface area contributed by atoms with Crippen LogP contribution >= 0.6 is 0 Å². The number of rotatable bonds is 5. The van der Waals surface area contributed by atoms with Gasteiger partial charge in [-0.15, -0.1) is 0 Å². The van der Waals surface area contributed by atoms with Crippen LogP contribution < -0.4 is 0 Å². The SMILES string of the molecule is [2H]C([2H])([2H])N(C(=O)Cc1c(-c2ccc(C(=O)OCC)cc2)nc2ccc(C)cn12)C([2H])([2H])[2H]. The minimum Gasteiger partial charge on any atom is -0.462 e. The number of carbonyl (C=O) groups excluding carboxylic acids is 2. The number of pyridine rings is 1. The van der Waals surface area contributed by atoms with Crippen molar-refractivity contribution < 1.29 is 22.6 Å². The molecule has 2 heterocycles. The van der Waals surface area contributed by atoms with E-state index < -0.39 is 32.2 Å². The third-order valence-electron chi connectivity index (χ3n) is 4.10. The van der Waals surface area contributed by atoms with Gasteiger partial charge >= 0.3 is 5.97 Å². The summed E-state index contributed by atoms with van der Waals surface area (Å²) in [7, 11) is 0. The van der Waals surface area contributed by atoms with Crippen molar-refractivity contribution in [3.05, 3.63) is 59.4 Å². The summed E-state index contributed by atoms with van der Waals surface area (Å²) in [5, 5.41) is 0. The third-order valence-corrected chi connectivity index (χ3v) is 4.10. The Bertz CT molecular complexity index is 1170. The van der Waals surface area contributed by atoms with Crippen molar-refractivity contribution in [2.45, 2.75) is 20.3 Å². The van der Waals surface area contributed by atoms with Gasteiger partial charge in [0, 0.05) is 33.9 Å². The zero-order valence-corrected chi connectivity index (χ0v) is 15.0. The molecule has 6 heteroatoms. The van der Waals surface area contributed by atoms with Crippen LogP contribution in [0, 0.1) is 6.92 Å². The number of aryl methyl sites for hydroxylation is 1. The highest BCUT2D eigenvalue weighted by atomic mass is 16.5. The zero-order chi connectivity index (χ0) is 24.6. The molecule has 0 bridgehead atoms. The lowest BCUT2D eigenvalue weighted by molar-refractivity contribution is -0.128. The molecule has 3 aromatic rings. The number of esters is 1. The van der Waals surface area contributed by atoms with Gasteiger partial charge in [0.15, 0.2) is 0 Å². The number of hydrogen-bond acceptors (Lipinski definition) is 4. The largest absolute Gasteiger partial charge is 0.462 e. The van der Waals surface area contributed by atoms with Crippen LogP contribution in [0.2, 0.25) is 0 Å². The van der Waals surface area contributed by atoms with E-state index in [-0.39, 0.29) is 11.5 Å². The molecule has 140 valence electrons. The summed E-state index contributed by atoms with van der Waals surface area (Å²) in [5.41, 5.74) is 2.99. The van der Waals surface area contributed by atoms with Crippen LogP contribution in [0.5, 0.6) is 0 Å². The maximum absolute atomic E-state index is 12.9. The molecule has 6 nitrogen and oxygen atoms in total. The fraction of sp³-hybridized carbons (Fsp3) is 0.286. The Balaban J connectivity index is 2.09. The molecule has 0 aliphatic heterocycles. The van der Waals surface area contributed by atoms with E-state index in [1.807, 2.05) is 13.0 Å². The quantitative estimate of drug-likeness (QED) is 0.647. The second kappa shape index (κ2) is 7.61. The fourth-order valence-electron chi connectivity index (χ4n) is 2.80. The van der Waals surface area contributed by atoms with E-state index in [2.05, 4.69) is 4.98 Å². The van der Waals surface area contributed by atoms with Crippen molar-refractivity contribution in [3.8, 4) is 11.3 Å². The summed E-state index contributed by atoms with van der Waals surface area (Å²) in [6, 6.07) is 9.97. The minimum atomic E-state index is -3.14. The van der Waals surface area contributed by atoms with Crippen molar-refractivity contribution in [2.24, 2.45) is 0 Å². The van der Waals surface area contributed by atoms with Crippen LogP contribution in [-0.2, 0) is 16.0 Å². The Labute approximate surface area is 166 Å². The number of nitrogens with zero attached hydrogens (tertiary/aromatic N) is 3. The molecule has 0 atom stereocenters. The van der Waals surface area contributed by atoms with Crippen molar-refractivity contribution >= 4 is 17.5 Å². The third kappa shape index (κ3) is 3.84. The average molecular weight is 371 g/mol. The Morgan fingerprint density at radius 3 is 2.59 bits per heavy atom. The first-order valence-corrected chi connectivity index (χ1v) is 8.41. The number of aromatic nitrogens is 2. The van der Waals surface area contributed by atoms with Gasteiger partial charge < -0.3 is 14.0 Å². The monoisotopic (exact) mass is 371 g/mol. The standard InChI is InChI=1S/C21H23N3O3/c1-5-27-21(26)16-9-7-15(8-10-16)20-17(12-19(25)23(3)4)24-13-14(2)6-11-18(24)22-20/h6-11,13H,5,12H2,1-4H3/i3D3,4D3. The lowest BCUT2D eigenvalue weighted by Gasteiger charge is -2.11. The normalized spacial score (nSPS) is 15.0. The van der Waals surface area contributed by atoms with Gasteiger partial charge in [-0.05, 0) is 37.6 Å². The van der Waals surface area contributed by atoms with Crippen LogP contribution in [0.4, 0.5) is 0 Å². The van der Waals surface area contributed by atoms with Crippen molar-refractivity contribution in [1.82, 2.24) is 14.3 Å². The van der Waals surface area contributed by atoms with E-state index in [1.165, 1.54) is 0 Å². The van der Waals surface area contributed by atoms with E-state index in [0.29, 0.717) is 28.2 Å². The number of ether oxygens (including phenoxy) is 1. The predicted molar refractivity (Wildman–Crippen MR) is 104 cm³/mol. The Morgan fingerprint density at radius 1 is 1.19 bits per heavy atom. The van der Waals surface area contributed by atoms with Gasteiger partial charge in [0.05, 0.1) is 30.0 Å². The topological polar surface area (TPSA) is 63.9 Å². The van der Waals surface area contributed by atoms with E-state index >= 15 is 0 Å². The molecule has 0 aliphatic rings. The highest BCUT2D eigenvalue weighted by molar-refractivity contribution is 5.90. The first-order chi connectivity index (χ1) is 15.3. The molecular weight excluding hydrogens is 342 g/mol. The Hall–Kier alpha value is -3.15. The van der Waals surface area contributed by atoms with Gasteiger partial charge in [-0.25, -0.2) is 9.78 Å². The summed E-state index contributed by atoms with van der Waals surface area (Å²) in [4.78, 5) is 29.4. The highest BCUT2D eigenvalue weighted by Gasteiger charge is 2.18. The van der Waals surface area contributed by atoms with Gasteiger partial charge in [0.25, 0.3) is 0 Å². The van der Waals surface area contributed by atoms with Crippen molar-refractivity contribution in [3.63, 3.8) is 0 Å². The Morgan fingerprint density at radius 2 is 1.93 bits per heavy atom. The molecular formula is C21H23N3O3. The van der Waals surface area contributed by atoms with Gasteiger partial charge in [-0.1, -0.05) is 18.2 Å². The summed E-state index contributed by atoms with van der Waals surface area (Å²) in [5.74, 6) is -1.56. The fourth-order valence-corrected chi connectivity index (χ4v) is 2.80. The maximum Gasteiger partial charge on any atom is 0.338 e. The van der Waals surface area contributed by atoms with Gasteiger partial charge in [0.1, 0.15) is 5.65 Å². The van der Waals surface area contributed by atoms with E-state index in [4.69, 9.17) is 13.0 Å². The van der Waals surface area contributed by atoms with Crippen LogP contribution in [0.3, 0.4) is 0 Å². The number of fused-ring (bicyclic) bond motifs is 1. The lowest BCUT2D eigenvalue weighted by atomic mass is 10.1. The molecule has 0 saturated carbocycles. The molecule has 27 heavy (non-hydrogen) atoms. The van der Waals surface area contributed by atoms with Crippen molar-refractivity contribution in [2.75, 3.05) is 20.6 Å². The van der Waals surface area contributed by atoms with Gasteiger partial charge in [-0.3, -0.25) is 4.79 Å². The number of benzene rings is 1. The first-order valence-electron chi connectivity index (χ1n) is 11.4. The van der Waals surface area contributed by atoms with Gasteiger partial charge in [-0.2, -0.15) is 0 Å². The van der Waals surface area contributed by atoms with E-state index in [0.717, 1.165) is 5.56 Å². The molecule has 0 unspecified atom stereocenters. The molecule has 0 spiro atoms. The molecule has 0 N–H and O–H groups in total. The summed E-state index contributed by atoms with van der Waals surface area (Å²) >= 11 is 0. The Kier molecular flexibility index (Phi) is 3.46. The number of likely N-dealkylation sites (N-methyl/N-ethyl adjacent to an activating group) is 1. The van der Waals surface area contributed by atoms with Gasteiger partial charge in [0.2, 0.25) is 5.91 Å². The molecule has 0 radical (unpaired) electrons. The molecule has 1 amide bonds. The average Bonchev–Trinajstić information content (AvgIpc) is 3.03. The van der Waals surface area contributed by atoms with Crippen LogP contribution in [-0.4, -0.2) is 46.7 Å². The first kappa shape index (κ1) is 12.3. The smallest absolute Gasteiger partial charge is 0.338 e. The summed E-state index contributed by atoms with van der Waals surface area (Å²) in [6.07, 6.45) is 1.23.